The van der Waals surface area contributed by atoms with Crippen LogP contribution in [0.2, 0.25) is 0 Å². The molecule has 4 saturated heterocycles. The molecule has 0 radical (unpaired) electrons. The first-order valence-corrected chi connectivity index (χ1v) is 18.0. The van der Waals surface area contributed by atoms with Crippen LogP contribution in [0.25, 0.3) is 0 Å². The van der Waals surface area contributed by atoms with Gasteiger partial charge in [0.2, 0.25) is 24.5 Å². The number of nitrogens with two attached hydrogens (primary N) is 1. The van der Waals surface area contributed by atoms with E-state index in [-0.39, 0.29) is 24.6 Å². The quantitative estimate of drug-likeness (QED) is 0.187. The van der Waals surface area contributed by atoms with Crippen molar-refractivity contribution in [1.29, 1.82) is 0 Å². The molecule has 274 valence electrons. The van der Waals surface area contributed by atoms with Gasteiger partial charge in [0.15, 0.2) is 9.84 Å². The van der Waals surface area contributed by atoms with E-state index in [1.165, 1.54) is 54.8 Å². The Labute approximate surface area is 303 Å². The summed E-state index contributed by atoms with van der Waals surface area (Å²) < 4.78 is 38.7. The highest BCUT2D eigenvalue weighted by Gasteiger charge is 2.68. The fourth-order valence-electron chi connectivity index (χ4n) is 6.55. The van der Waals surface area contributed by atoms with Crippen LogP contribution in [0.15, 0.2) is 54.6 Å². The molecule has 6 atom stereocenters. The van der Waals surface area contributed by atoms with Gasteiger partial charge >= 0.3 is 18.0 Å². The molecule has 4 heterocycles. The van der Waals surface area contributed by atoms with Crippen molar-refractivity contribution in [3.63, 3.8) is 0 Å². The molecule has 19 heteroatoms. The number of esters is 2. The number of para-hydroxylation sites is 1. The van der Waals surface area contributed by atoms with Gasteiger partial charge in [0, 0.05) is 10.4 Å². The van der Waals surface area contributed by atoms with Gasteiger partial charge in [0.05, 0.1) is 11.2 Å². The van der Waals surface area contributed by atoms with Gasteiger partial charge in [0.1, 0.15) is 40.7 Å². The summed E-state index contributed by atoms with van der Waals surface area (Å²) in [5.74, 6) is -3.37. The number of sulfone groups is 1. The van der Waals surface area contributed by atoms with Gasteiger partial charge in [-0.1, -0.05) is 30.3 Å². The van der Waals surface area contributed by atoms with Gasteiger partial charge in [-0.05, 0) is 57.5 Å². The largest absolute Gasteiger partial charge is 0.426 e. The fraction of sp³-hybridized carbons (Fsp3) is 0.438. The van der Waals surface area contributed by atoms with Crippen LogP contribution in [0, 0.1) is 0 Å². The van der Waals surface area contributed by atoms with E-state index in [0.717, 1.165) is 4.90 Å². The molecule has 0 aliphatic carbocycles. The lowest BCUT2D eigenvalue weighted by Gasteiger charge is -2.44. The first kappa shape index (κ1) is 37.9. The number of benzene rings is 2. The van der Waals surface area contributed by atoms with Crippen molar-refractivity contribution in [1.82, 2.24) is 15.1 Å². The zero-order valence-corrected chi connectivity index (χ0v) is 30.2. The number of nitrogens with one attached hydrogen (secondary N) is 2. The first-order valence-electron chi connectivity index (χ1n) is 15.5. The number of amides is 4. The number of rotatable bonds is 9. The number of fused-ring (bicyclic) bond motifs is 2. The van der Waals surface area contributed by atoms with Crippen molar-refractivity contribution in [2.24, 2.45) is 5.73 Å². The molecular weight excluding hydrogens is 730 g/mol. The topological polar surface area (TPSA) is 221 Å². The average molecular weight is 766 g/mol. The molecule has 0 saturated carbocycles. The van der Waals surface area contributed by atoms with E-state index in [1.807, 2.05) is 0 Å². The second-order valence-corrected chi connectivity index (χ2v) is 17.7. The summed E-state index contributed by atoms with van der Waals surface area (Å²) in [5.41, 5.74) is 7.13. The molecule has 1 unspecified atom stereocenters. The Balaban J connectivity index is 0.00000504. The number of β-lactam (4-membered cyclic amide) rings is 2. The number of ether oxygens (including phenoxy) is 3. The number of carbonyl (C=O) groups excluding carboxylic acids is 6. The molecule has 16 nitrogen and oxygen atoms in total. The van der Waals surface area contributed by atoms with Crippen LogP contribution in [0.3, 0.4) is 0 Å². The van der Waals surface area contributed by atoms with Gasteiger partial charge in [-0.25, -0.2) is 22.8 Å². The summed E-state index contributed by atoms with van der Waals surface area (Å²) in [4.78, 5) is 78.9. The Kier molecular flexibility index (Phi) is 10.1. The SMILES string of the molecule is CC1(C)S[C@@H]2[C@H](NC(=O)C(N)c3ccc(OC(=O)Nc4ccccc4)cc3)C(=O)N2[C@H]1C(=O)OCOC(=O)[C@@H]1N2C(=O)C[C@H]2S(=O)(=O)C1(C)C.Cl. The zero-order chi connectivity index (χ0) is 36.3. The fourth-order valence-corrected chi connectivity index (χ4v) is 10.3. The molecule has 4 aliphatic rings. The van der Waals surface area contributed by atoms with E-state index in [4.69, 9.17) is 19.9 Å². The highest BCUT2D eigenvalue weighted by atomic mass is 35.5. The Morgan fingerprint density at radius 3 is 2.16 bits per heavy atom. The molecule has 0 bridgehead atoms. The number of anilines is 1. The van der Waals surface area contributed by atoms with Crippen molar-refractivity contribution in [2.45, 2.75) is 78.5 Å². The minimum atomic E-state index is -3.83. The predicted molar refractivity (Wildman–Crippen MR) is 184 cm³/mol. The molecule has 2 aromatic carbocycles. The number of carbonyl (C=O) groups is 6. The van der Waals surface area contributed by atoms with Crippen LogP contribution in [0.4, 0.5) is 10.5 Å². The van der Waals surface area contributed by atoms with Crippen LogP contribution < -0.4 is 21.1 Å². The maximum atomic E-state index is 13.2. The maximum absolute atomic E-state index is 13.2. The van der Waals surface area contributed by atoms with E-state index >= 15 is 0 Å². The van der Waals surface area contributed by atoms with Crippen LogP contribution in [0.5, 0.6) is 5.75 Å². The summed E-state index contributed by atoms with van der Waals surface area (Å²) in [6.07, 6.45) is -0.913. The Morgan fingerprint density at radius 1 is 0.941 bits per heavy atom. The number of nitrogens with zero attached hydrogens (tertiary/aromatic N) is 2. The minimum absolute atomic E-state index is 0. The number of thioether (sulfide) groups is 1. The van der Waals surface area contributed by atoms with Gasteiger partial charge in [-0.2, -0.15) is 0 Å². The van der Waals surface area contributed by atoms with E-state index in [9.17, 15) is 37.2 Å². The standard InChI is InChI=1S/C32H35N5O11S2.ClH/c1-31(2)23(28(41)46-15-47-29(42)24-32(3,4)50(44,45)20-14-19(38)36(20)24)37-26(40)22(27(37)49-31)35-25(39)21(33)16-10-12-18(13-11-16)48-30(43)34-17-8-6-5-7-9-17;/h5-13,20-24,27H,14-15,33H2,1-4H3,(H,34,43)(H,35,39);1H/t20-,21?,22-,23+,24+,27-;/m1./s1. The van der Waals surface area contributed by atoms with Gasteiger partial charge in [0.25, 0.3) is 0 Å². The lowest BCUT2D eigenvalue weighted by Crippen LogP contribution is -2.71. The Morgan fingerprint density at radius 2 is 1.55 bits per heavy atom. The summed E-state index contributed by atoms with van der Waals surface area (Å²) in [7, 11) is -3.83. The van der Waals surface area contributed by atoms with E-state index < -0.39 is 96.8 Å². The van der Waals surface area contributed by atoms with Gasteiger partial charge in [-0.3, -0.25) is 19.7 Å². The van der Waals surface area contributed by atoms with E-state index in [1.54, 1.807) is 44.2 Å². The van der Waals surface area contributed by atoms with Crippen LogP contribution >= 0.6 is 24.2 Å². The first-order chi connectivity index (χ1) is 23.5. The molecule has 4 amide bonds. The number of halogens is 1. The molecule has 4 aliphatic heterocycles. The molecule has 4 fully saturated rings. The second kappa shape index (κ2) is 13.6. The molecule has 4 N–H and O–H groups in total. The van der Waals surface area contributed by atoms with E-state index in [2.05, 4.69) is 10.6 Å². The second-order valence-electron chi connectivity index (χ2n) is 13.2. The normalized spacial score (nSPS) is 26.6. The van der Waals surface area contributed by atoms with Crippen molar-refractivity contribution in [2.75, 3.05) is 12.1 Å². The zero-order valence-electron chi connectivity index (χ0n) is 27.8. The highest BCUT2D eigenvalue weighted by molar-refractivity contribution is 8.01. The minimum Gasteiger partial charge on any atom is -0.426 e. The van der Waals surface area contributed by atoms with Gasteiger partial charge in [-0.15, -0.1) is 24.2 Å². The number of hydrogen-bond acceptors (Lipinski definition) is 13. The summed E-state index contributed by atoms with van der Waals surface area (Å²) in [6.45, 7) is 5.25. The van der Waals surface area contributed by atoms with Crippen molar-refractivity contribution in [3.05, 3.63) is 60.2 Å². The van der Waals surface area contributed by atoms with Crippen LogP contribution in [-0.2, 0) is 43.3 Å². The summed E-state index contributed by atoms with van der Waals surface area (Å²) >= 11 is 1.27. The predicted octanol–water partition coefficient (Wildman–Crippen LogP) is 1.44. The van der Waals surface area contributed by atoms with Crippen molar-refractivity contribution < 1.29 is 51.4 Å². The summed E-state index contributed by atoms with van der Waals surface area (Å²) in [6, 6.07) is 10.1. The third-order valence-corrected chi connectivity index (χ3v) is 13.7. The third-order valence-electron chi connectivity index (χ3n) is 9.32. The molecule has 0 spiro atoms. The Hall–Kier alpha value is -4.39. The van der Waals surface area contributed by atoms with Crippen molar-refractivity contribution >= 4 is 75.4 Å². The molecule has 0 aromatic heterocycles. The number of hydrogen-bond donors (Lipinski definition) is 3. The molecule has 51 heavy (non-hydrogen) atoms. The third kappa shape index (κ3) is 6.49. The molecular formula is C32H36ClN5O11S2. The molecule has 6 rings (SSSR count). The lowest BCUT2D eigenvalue weighted by atomic mass is 9.95. The van der Waals surface area contributed by atoms with E-state index in [0.29, 0.717) is 11.3 Å². The lowest BCUT2D eigenvalue weighted by molar-refractivity contribution is -0.181. The van der Waals surface area contributed by atoms with Gasteiger partial charge < -0.3 is 35.1 Å². The highest BCUT2D eigenvalue weighted by Crippen LogP contribution is 2.51. The monoisotopic (exact) mass is 765 g/mol. The smallest absolute Gasteiger partial charge is 0.417 e. The van der Waals surface area contributed by atoms with Crippen molar-refractivity contribution in [3.8, 4) is 5.75 Å². The summed E-state index contributed by atoms with van der Waals surface area (Å²) in [5, 5.41) is 3.52. The average Bonchev–Trinajstić information content (AvgIpc) is 3.38. The maximum Gasteiger partial charge on any atom is 0.417 e. The van der Waals surface area contributed by atoms with Crippen LogP contribution in [0.1, 0.15) is 45.7 Å². The molecule has 2 aromatic rings. The van der Waals surface area contributed by atoms with Crippen LogP contribution in [-0.4, -0.2) is 99.1 Å². The Bertz CT molecular complexity index is 1880.